The Morgan fingerprint density at radius 3 is 2.19 bits per heavy atom. The number of benzene rings is 2. The molecule has 1 amide bonds. The molecule has 1 aliphatic heterocycles. The zero-order valence-electron chi connectivity index (χ0n) is 17.1. The summed E-state index contributed by atoms with van der Waals surface area (Å²) >= 11 is 0. The van der Waals surface area contributed by atoms with E-state index in [4.69, 9.17) is 4.74 Å². The van der Waals surface area contributed by atoms with Crippen LogP contribution < -0.4 is 4.74 Å². The molecular weight excluding hydrogens is 442 g/mol. The van der Waals surface area contributed by atoms with Crippen LogP contribution in [0.4, 0.5) is 8.78 Å². The lowest BCUT2D eigenvalue weighted by molar-refractivity contribution is 0.0691. The van der Waals surface area contributed by atoms with E-state index in [1.54, 1.807) is 48.3 Å². The van der Waals surface area contributed by atoms with E-state index in [2.05, 4.69) is 5.10 Å². The third-order valence-electron chi connectivity index (χ3n) is 5.19. The Balaban J connectivity index is 1.44. The lowest BCUT2D eigenvalue weighted by atomic mass is 10.3. The highest BCUT2D eigenvalue weighted by atomic mass is 32.2. The van der Waals surface area contributed by atoms with Crippen molar-refractivity contribution >= 4 is 15.9 Å². The van der Waals surface area contributed by atoms with Crippen LogP contribution in [-0.2, 0) is 10.0 Å². The molecule has 2 heterocycles. The van der Waals surface area contributed by atoms with Crippen molar-refractivity contribution in [2.24, 2.45) is 0 Å². The van der Waals surface area contributed by atoms with Gasteiger partial charge in [0.2, 0.25) is 10.0 Å². The molecule has 3 aromatic rings. The SMILES string of the molecule is COc1ccc(-n2ccc(C(=O)N3CCN(S(=O)(=O)c4c(F)cccc4F)CC3)n2)cc1. The predicted molar refractivity (Wildman–Crippen MR) is 111 cm³/mol. The molecule has 0 saturated carbocycles. The molecule has 168 valence electrons. The molecule has 0 spiro atoms. The summed E-state index contributed by atoms with van der Waals surface area (Å²) in [5.41, 5.74) is 0.949. The van der Waals surface area contributed by atoms with Crippen molar-refractivity contribution in [3.63, 3.8) is 0 Å². The van der Waals surface area contributed by atoms with Crippen molar-refractivity contribution in [2.45, 2.75) is 4.90 Å². The fourth-order valence-corrected chi connectivity index (χ4v) is 5.00. The van der Waals surface area contributed by atoms with Crippen LogP contribution in [-0.4, -0.2) is 66.6 Å². The number of carbonyl (C=O) groups excluding carboxylic acids is 1. The second-order valence-corrected chi connectivity index (χ2v) is 8.97. The molecule has 2 aromatic carbocycles. The Hall–Kier alpha value is -3.31. The third kappa shape index (κ3) is 4.08. The lowest BCUT2D eigenvalue weighted by Gasteiger charge is -2.33. The Morgan fingerprint density at radius 1 is 0.969 bits per heavy atom. The second kappa shape index (κ2) is 8.67. The monoisotopic (exact) mass is 462 g/mol. The van der Waals surface area contributed by atoms with Crippen LogP contribution in [0.3, 0.4) is 0 Å². The summed E-state index contributed by atoms with van der Waals surface area (Å²) < 4.78 is 61.0. The first-order valence-electron chi connectivity index (χ1n) is 9.75. The van der Waals surface area contributed by atoms with Gasteiger partial charge in [-0.25, -0.2) is 21.9 Å². The van der Waals surface area contributed by atoms with E-state index in [1.165, 1.54) is 4.90 Å². The maximum Gasteiger partial charge on any atom is 0.274 e. The number of hydrogen-bond acceptors (Lipinski definition) is 5. The van der Waals surface area contributed by atoms with Gasteiger partial charge in [0.05, 0.1) is 12.8 Å². The third-order valence-corrected chi connectivity index (χ3v) is 7.14. The number of sulfonamides is 1. The molecule has 0 aliphatic carbocycles. The topological polar surface area (TPSA) is 84.7 Å². The normalized spacial score (nSPS) is 15.0. The van der Waals surface area contributed by atoms with Crippen molar-refractivity contribution in [1.82, 2.24) is 19.0 Å². The second-order valence-electron chi connectivity index (χ2n) is 7.09. The number of methoxy groups -OCH3 is 1. The van der Waals surface area contributed by atoms with Gasteiger partial charge < -0.3 is 9.64 Å². The Morgan fingerprint density at radius 2 is 1.59 bits per heavy atom. The smallest absolute Gasteiger partial charge is 0.274 e. The summed E-state index contributed by atoms with van der Waals surface area (Å²) in [6, 6.07) is 11.6. The molecule has 0 radical (unpaired) electrons. The van der Waals surface area contributed by atoms with Gasteiger partial charge in [0.1, 0.15) is 17.4 Å². The van der Waals surface area contributed by atoms with Gasteiger partial charge in [0, 0.05) is 32.4 Å². The van der Waals surface area contributed by atoms with Gasteiger partial charge >= 0.3 is 0 Å². The number of rotatable bonds is 5. The van der Waals surface area contributed by atoms with Crippen molar-refractivity contribution < 1.29 is 26.7 Å². The molecule has 4 rings (SSSR count). The highest BCUT2D eigenvalue weighted by Gasteiger charge is 2.34. The number of carbonyl (C=O) groups is 1. The largest absolute Gasteiger partial charge is 0.497 e. The number of halogens is 2. The van der Waals surface area contributed by atoms with Crippen LogP contribution in [0.1, 0.15) is 10.5 Å². The van der Waals surface area contributed by atoms with Gasteiger partial charge in [-0.05, 0) is 42.5 Å². The first kappa shape index (κ1) is 21.9. The highest BCUT2D eigenvalue weighted by Crippen LogP contribution is 2.24. The molecule has 1 aromatic heterocycles. The molecule has 32 heavy (non-hydrogen) atoms. The van der Waals surface area contributed by atoms with E-state index < -0.39 is 26.6 Å². The number of ether oxygens (including phenoxy) is 1. The zero-order chi connectivity index (χ0) is 22.9. The zero-order valence-corrected chi connectivity index (χ0v) is 17.9. The number of piperazine rings is 1. The first-order chi connectivity index (χ1) is 15.3. The number of hydrogen-bond donors (Lipinski definition) is 0. The molecule has 0 unspecified atom stereocenters. The molecule has 1 aliphatic rings. The van der Waals surface area contributed by atoms with Gasteiger partial charge in [-0.1, -0.05) is 6.07 Å². The highest BCUT2D eigenvalue weighted by molar-refractivity contribution is 7.89. The van der Waals surface area contributed by atoms with Crippen molar-refractivity contribution in [1.29, 1.82) is 0 Å². The fraction of sp³-hybridized carbons (Fsp3) is 0.238. The molecule has 11 heteroatoms. The summed E-state index contributed by atoms with van der Waals surface area (Å²) in [4.78, 5) is 13.3. The van der Waals surface area contributed by atoms with Crippen molar-refractivity contribution in [3.05, 3.63) is 72.1 Å². The van der Waals surface area contributed by atoms with E-state index in [0.717, 1.165) is 28.2 Å². The number of nitrogens with zero attached hydrogens (tertiary/aromatic N) is 4. The summed E-state index contributed by atoms with van der Waals surface area (Å²) in [5, 5.41) is 4.30. The minimum Gasteiger partial charge on any atom is -0.497 e. The van der Waals surface area contributed by atoms with E-state index in [0.29, 0.717) is 5.75 Å². The van der Waals surface area contributed by atoms with Gasteiger partial charge in [-0.15, -0.1) is 0 Å². The molecule has 0 bridgehead atoms. The van der Waals surface area contributed by atoms with Gasteiger partial charge in [-0.2, -0.15) is 9.40 Å². The average molecular weight is 462 g/mol. The quantitative estimate of drug-likeness (QED) is 0.581. The minimum absolute atomic E-state index is 0.0729. The van der Waals surface area contributed by atoms with Crippen LogP contribution in [0.5, 0.6) is 5.75 Å². The van der Waals surface area contributed by atoms with E-state index in [9.17, 15) is 22.0 Å². The van der Waals surface area contributed by atoms with Gasteiger partial charge in [0.15, 0.2) is 10.6 Å². The lowest BCUT2D eigenvalue weighted by Crippen LogP contribution is -2.50. The Bertz CT molecular complexity index is 1220. The van der Waals surface area contributed by atoms with Crippen LogP contribution >= 0.6 is 0 Å². The minimum atomic E-state index is -4.36. The van der Waals surface area contributed by atoms with Crippen LogP contribution in [0.2, 0.25) is 0 Å². The van der Waals surface area contributed by atoms with Crippen LogP contribution in [0, 0.1) is 11.6 Å². The van der Waals surface area contributed by atoms with Crippen LogP contribution in [0.15, 0.2) is 59.6 Å². The molecule has 1 saturated heterocycles. The van der Waals surface area contributed by atoms with E-state index in [-0.39, 0.29) is 37.8 Å². The Labute approximate surface area is 183 Å². The van der Waals surface area contributed by atoms with Crippen LogP contribution in [0.25, 0.3) is 5.69 Å². The summed E-state index contributed by atoms with van der Waals surface area (Å²) in [6.07, 6.45) is 1.65. The van der Waals surface area contributed by atoms with E-state index >= 15 is 0 Å². The maximum absolute atomic E-state index is 14.0. The van der Waals surface area contributed by atoms with E-state index in [1.807, 2.05) is 0 Å². The fourth-order valence-electron chi connectivity index (χ4n) is 3.47. The molecule has 0 N–H and O–H groups in total. The number of aromatic nitrogens is 2. The Kier molecular flexibility index (Phi) is 5.94. The summed E-state index contributed by atoms with van der Waals surface area (Å²) in [7, 11) is -2.79. The predicted octanol–water partition coefficient (Wildman–Crippen LogP) is 2.31. The standard InChI is InChI=1S/C21H20F2N4O4S/c1-31-16-7-5-15(6-8-16)27-10-9-19(24-27)21(28)25-11-13-26(14-12-25)32(29,30)20-17(22)3-2-4-18(20)23/h2-10H,11-14H2,1H3. The summed E-state index contributed by atoms with van der Waals surface area (Å²) in [5.74, 6) is -1.95. The molecule has 1 fully saturated rings. The van der Waals surface area contributed by atoms with Gasteiger partial charge in [0.25, 0.3) is 5.91 Å². The molecule has 0 atom stereocenters. The number of amides is 1. The average Bonchev–Trinajstić information content (AvgIpc) is 3.29. The first-order valence-corrected chi connectivity index (χ1v) is 11.2. The molecular formula is C21H20F2N4O4S. The van der Waals surface area contributed by atoms with Gasteiger partial charge in [-0.3, -0.25) is 4.79 Å². The summed E-state index contributed by atoms with van der Waals surface area (Å²) in [6.45, 7) is -0.0187. The molecule has 8 nitrogen and oxygen atoms in total. The van der Waals surface area contributed by atoms with Crippen molar-refractivity contribution in [3.8, 4) is 11.4 Å². The van der Waals surface area contributed by atoms with Crippen molar-refractivity contribution in [2.75, 3.05) is 33.3 Å². The maximum atomic E-state index is 14.0.